The van der Waals surface area contributed by atoms with E-state index in [1.165, 1.54) is 6.07 Å². The van der Waals surface area contributed by atoms with Crippen LogP contribution in [0.4, 0.5) is 4.39 Å². The lowest BCUT2D eigenvalue weighted by molar-refractivity contribution is -0.0449. The molecule has 0 saturated heterocycles. The first-order chi connectivity index (χ1) is 8.03. The highest BCUT2D eigenvalue weighted by atomic mass is 19.1. The number of benzene rings is 1. The topological polar surface area (TPSA) is 44.0 Å². The Balaban J connectivity index is 2.49. The van der Waals surface area contributed by atoms with Gasteiger partial charge < -0.3 is 5.11 Å². The summed E-state index contributed by atoms with van der Waals surface area (Å²) in [7, 11) is 0. The van der Waals surface area contributed by atoms with Gasteiger partial charge in [-0.15, -0.1) is 0 Å². The molecule has 1 N–H and O–H groups in total. The third-order valence-corrected chi connectivity index (χ3v) is 4.00. The van der Waals surface area contributed by atoms with Gasteiger partial charge in [-0.2, -0.15) is 5.26 Å². The van der Waals surface area contributed by atoms with Crippen molar-refractivity contribution in [2.45, 2.75) is 38.2 Å². The summed E-state index contributed by atoms with van der Waals surface area (Å²) < 4.78 is 13.8. The van der Waals surface area contributed by atoms with Crippen molar-refractivity contribution in [3.05, 3.63) is 35.6 Å². The van der Waals surface area contributed by atoms with Crippen LogP contribution < -0.4 is 0 Å². The lowest BCUT2D eigenvalue weighted by Crippen LogP contribution is -2.41. The predicted molar refractivity (Wildman–Crippen MR) is 62.5 cm³/mol. The molecule has 2 rings (SSSR count). The first-order valence-electron chi connectivity index (χ1n) is 5.92. The van der Waals surface area contributed by atoms with Crippen LogP contribution in [0.5, 0.6) is 0 Å². The van der Waals surface area contributed by atoms with Gasteiger partial charge in [-0.05, 0) is 25.8 Å². The maximum atomic E-state index is 13.8. The fourth-order valence-electron chi connectivity index (χ4n) is 2.80. The van der Waals surface area contributed by atoms with Gasteiger partial charge in [0.25, 0.3) is 0 Å². The molecule has 0 radical (unpaired) electrons. The van der Waals surface area contributed by atoms with Gasteiger partial charge in [-0.25, -0.2) is 4.39 Å². The van der Waals surface area contributed by atoms with Crippen molar-refractivity contribution in [2.24, 2.45) is 5.41 Å². The summed E-state index contributed by atoms with van der Waals surface area (Å²) >= 11 is 0. The third-order valence-electron chi connectivity index (χ3n) is 4.00. The van der Waals surface area contributed by atoms with Crippen molar-refractivity contribution in [3.63, 3.8) is 0 Å². The first-order valence-corrected chi connectivity index (χ1v) is 5.92. The molecule has 1 aromatic carbocycles. The minimum Gasteiger partial charge on any atom is -0.384 e. The second-order valence-electron chi connectivity index (χ2n) is 4.95. The van der Waals surface area contributed by atoms with Crippen molar-refractivity contribution in [3.8, 4) is 6.07 Å². The quantitative estimate of drug-likeness (QED) is 0.852. The van der Waals surface area contributed by atoms with Crippen molar-refractivity contribution < 1.29 is 9.50 Å². The van der Waals surface area contributed by atoms with Crippen LogP contribution >= 0.6 is 0 Å². The van der Waals surface area contributed by atoms with Crippen LogP contribution in [0.15, 0.2) is 24.3 Å². The van der Waals surface area contributed by atoms with E-state index in [4.69, 9.17) is 0 Å². The number of nitrogens with zero attached hydrogens (tertiary/aromatic N) is 1. The van der Waals surface area contributed by atoms with E-state index in [0.29, 0.717) is 12.8 Å². The highest BCUT2D eigenvalue weighted by Crippen LogP contribution is 2.51. The number of nitriles is 1. The zero-order chi connectivity index (χ0) is 12.5. The van der Waals surface area contributed by atoms with E-state index in [0.717, 1.165) is 12.8 Å². The van der Waals surface area contributed by atoms with E-state index < -0.39 is 16.8 Å². The molecule has 1 atom stereocenters. The van der Waals surface area contributed by atoms with Crippen LogP contribution in [-0.4, -0.2) is 5.11 Å². The van der Waals surface area contributed by atoms with Gasteiger partial charge in [0.15, 0.2) is 0 Å². The smallest absolute Gasteiger partial charge is 0.129 e. The molecule has 1 unspecified atom stereocenters. The highest BCUT2D eigenvalue weighted by Gasteiger charge is 2.51. The molecule has 0 aromatic heterocycles. The molecule has 1 fully saturated rings. The van der Waals surface area contributed by atoms with Crippen molar-refractivity contribution in [1.29, 1.82) is 5.26 Å². The van der Waals surface area contributed by atoms with Crippen LogP contribution in [0.3, 0.4) is 0 Å². The standard InChI is InChI=1S/C14H16FNO/c1-13(17,11-6-2-3-7-12(11)15)14(10-16)8-4-5-9-14/h2-3,6-7,17H,4-5,8-9H2,1H3. The van der Waals surface area contributed by atoms with Gasteiger partial charge in [-0.3, -0.25) is 0 Å². The molecule has 0 spiro atoms. The van der Waals surface area contributed by atoms with Crippen LogP contribution in [0.1, 0.15) is 38.2 Å². The van der Waals surface area contributed by atoms with Gasteiger partial charge in [0.1, 0.15) is 11.4 Å². The Morgan fingerprint density at radius 1 is 1.35 bits per heavy atom. The van der Waals surface area contributed by atoms with Gasteiger partial charge in [0, 0.05) is 5.56 Å². The Morgan fingerprint density at radius 2 is 1.94 bits per heavy atom. The minimum absolute atomic E-state index is 0.225. The molecule has 0 bridgehead atoms. The Kier molecular flexibility index (Phi) is 2.92. The Hall–Kier alpha value is -1.40. The summed E-state index contributed by atoms with van der Waals surface area (Å²) in [5.41, 5.74) is -2.05. The Morgan fingerprint density at radius 3 is 2.47 bits per heavy atom. The second-order valence-corrected chi connectivity index (χ2v) is 4.95. The van der Waals surface area contributed by atoms with E-state index in [-0.39, 0.29) is 5.56 Å². The van der Waals surface area contributed by atoms with Crippen molar-refractivity contribution in [2.75, 3.05) is 0 Å². The summed E-state index contributed by atoms with van der Waals surface area (Å²) in [4.78, 5) is 0. The second kappa shape index (κ2) is 4.12. The highest BCUT2D eigenvalue weighted by molar-refractivity contribution is 5.30. The molecule has 3 heteroatoms. The summed E-state index contributed by atoms with van der Waals surface area (Å²) in [6.45, 7) is 1.56. The molecule has 90 valence electrons. The lowest BCUT2D eigenvalue weighted by atomic mass is 9.69. The van der Waals surface area contributed by atoms with Gasteiger partial charge in [0.2, 0.25) is 0 Å². The molecule has 1 aliphatic carbocycles. The number of halogens is 1. The fraction of sp³-hybridized carbons (Fsp3) is 0.500. The molecular formula is C14H16FNO. The van der Waals surface area contributed by atoms with Crippen molar-refractivity contribution in [1.82, 2.24) is 0 Å². The monoisotopic (exact) mass is 233 g/mol. The average molecular weight is 233 g/mol. The third kappa shape index (κ3) is 1.73. The van der Waals surface area contributed by atoms with Crippen LogP contribution in [0.25, 0.3) is 0 Å². The van der Waals surface area contributed by atoms with Gasteiger partial charge in [0.05, 0.1) is 11.5 Å². The van der Waals surface area contributed by atoms with Crippen LogP contribution in [-0.2, 0) is 5.60 Å². The molecule has 1 aliphatic rings. The zero-order valence-corrected chi connectivity index (χ0v) is 9.91. The molecule has 0 amide bonds. The molecule has 0 aliphatic heterocycles. The number of rotatable bonds is 2. The van der Waals surface area contributed by atoms with Gasteiger partial charge in [-0.1, -0.05) is 31.0 Å². The van der Waals surface area contributed by atoms with E-state index in [2.05, 4.69) is 6.07 Å². The van der Waals surface area contributed by atoms with E-state index >= 15 is 0 Å². The lowest BCUT2D eigenvalue weighted by Gasteiger charge is -2.37. The van der Waals surface area contributed by atoms with Crippen LogP contribution in [0.2, 0.25) is 0 Å². The predicted octanol–water partition coefficient (Wildman–Crippen LogP) is 3.12. The summed E-state index contributed by atoms with van der Waals surface area (Å²) in [6.07, 6.45) is 3.09. The summed E-state index contributed by atoms with van der Waals surface area (Å²) in [5, 5.41) is 20.0. The normalized spacial score (nSPS) is 21.8. The van der Waals surface area contributed by atoms with E-state index in [1.54, 1.807) is 25.1 Å². The van der Waals surface area contributed by atoms with Crippen molar-refractivity contribution >= 4 is 0 Å². The number of hydrogen-bond donors (Lipinski definition) is 1. The summed E-state index contributed by atoms with van der Waals surface area (Å²) in [6, 6.07) is 8.39. The van der Waals surface area contributed by atoms with E-state index in [1.807, 2.05) is 0 Å². The molecule has 1 saturated carbocycles. The zero-order valence-electron chi connectivity index (χ0n) is 9.91. The molecular weight excluding hydrogens is 217 g/mol. The Labute approximate surface area is 101 Å². The number of hydrogen-bond acceptors (Lipinski definition) is 2. The molecule has 17 heavy (non-hydrogen) atoms. The molecule has 0 heterocycles. The number of aliphatic hydroxyl groups is 1. The van der Waals surface area contributed by atoms with E-state index in [9.17, 15) is 14.8 Å². The van der Waals surface area contributed by atoms with Gasteiger partial charge >= 0.3 is 0 Å². The SMILES string of the molecule is CC(O)(c1ccccc1F)C1(C#N)CCCC1. The largest absolute Gasteiger partial charge is 0.384 e. The summed E-state index contributed by atoms with van der Waals surface area (Å²) in [5.74, 6) is -0.445. The Bertz CT molecular complexity index is 456. The average Bonchev–Trinajstić information content (AvgIpc) is 2.79. The first kappa shape index (κ1) is 12.1. The fourth-order valence-corrected chi connectivity index (χ4v) is 2.80. The maximum absolute atomic E-state index is 13.8. The molecule has 2 nitrogen and oxygen atoms in total. The minimum atomic E-state index is -1.43. The molecule has 1 aromatic rings. The van der Waals surface area contributed by atoms with Crippen LogP contribution in [0, 0.1) is 22.6 Å². The maximum Gasteiger partial charge on any atom is 0.129 e.